The Morgan fingerprint density at radius 2 is 1.55 bits per heavy atom. The van der Waals surface area contributed by atoms with Gasteiger partial charge >= 0.3 is 5.97 Å². The first kappa shape index (κ1) is 23.1. The van der Waals surface area contributed by atoms with Gasteiger partial charge in [-0.25, -0.2) is 0 Å². The number of carboxylic acids is 1. The minimum atomic E-state index is -1.08. The molecule has 1 radical (unpaired) electrons. The number of amides is 2. The van der Waals surface area contributed by atoms with E-state index in [1.807, 2.05) is 67.6 Å². The predicted molar refractivity (Wildman–Crippen MR) is 109 cm³/mol. The van der Waals surface area contributed by atoms with Crippen LogP contribution in [0.5, 0.6) is 0 Å². The van der Waals surface area contributed by atoms with E-state index in [2.05, 4.69) is 16.0 Å². The fourth-order valence-corrected chi connectivity index (χ4v) is 3.04. The molecule has 147 valence electrons. The molecule has 1 heterocycles. The zero-order valence-corrected chi connectivity index (χ0v) is 18.5. The van der Waals surface area contributed by atoms with E-state index in [4.69, 9.17) is 5.11 Å². The summed E-state index contributed by atoms with van der Waals surface area (Å²) in [6.07, 6.45) is 0.310. The number of carbonyl (C=O) groups excluding carboxylic acids is 2. The summed E-state index contributed by atoms with van der Waals surface area (Å²) in [7, 11) is 0. The number of aliphatic carboxylic acids is 1. The van der Waals surface area contributed by atoms with Crippen LogP contribution >= 0.6 is 0 Å². The molecule has 2 aromatic rings. The molecule has 0 saturated carbocycles. The predicted octanol–water partition coefficient (Wildman–Crippen LogP) is 0.636. The summed E-state index contributed by atoms with van der Waals surface area (Å²) in [6, 6.07) is 16.1. The van der Waals surface area contributed by atoms with Crippen molar-refractivity contribution in [2.45, 2.75) is 37.5 Å². The molecule has 0 unspecified atom stereocenters. The molecule has 29 heavy (non-hydrogen) atoms. The third-order valence-corrected chi connectivity index (χ3v) is 4.71. The Hall–Kier alpha value is -2.19. The number of hydrogen-bond acceptors (Lipinski definition) is 4. The maximum absolute atomic E-state index is 12.9. The third-order valence-electron chi connectivity index (χ3n) is 4.71. The molecule has 4 atom stereocenters. The Balaban J connectivity index is 0.00000300. The van der Waals surface area contributed by atoms with Gasteiger partial charge < -0.3 is 15.7 Å². The van der Waals surface area contributed by atoms with Gasteiger partial charge in [-0.1, -0.05) is 60.7 Å². The van der Waals surface area contributed by atoms with Gasteiger partial charge in [0.25, 0.3) is 0 Å². The smallest absolute Gasteiger partial charge is 0.322 e. The zero-order chi connectivity index (χ0) is 20.1. The molecule has 0 spiro atoms. The van der Waals surface area contributed by atoms with Crippen molar-refractivity contribution < 1.29 is 19.5 Å². The maximum atomic E-state index is 12.9. The van der Waals surface area contributed by atoms with Crippen LogP contribution in [-0.4, -0.2) is 70.6 Å². The van der Waals surface area contributed by atoms with Crippen molar-refractivity contribution in [2.24, 2.45) is 0 Å². The van der Waals surface area contributed by atoms with E-state index < -0.39 is 30.0 Å². The molecule has 1 fully saturated rings. The Labute approximate surface area is 191 Å². The van der Waals surface area contributed by atoms with Crippen LogP contribution in [-0.2, 0) is 20.8 Å². The average molecular weight is 404 g/mol. The molecule has 1 aliphatic rings. The first-order chi connectivity index (χ1) is 13.5. The summed E-state index contributed by atoms with van der Waals surface area (Å²) in [5, 5.41) is 17.2. The van der Waals surface area contributed by atoms with E-state index in [0.717, 1.165) is 11.1 Å². The van der Waals surface area contributed by atoms with Crippen LogP contribution in [0.1, 0.15) is 24.1 Å². The topological polar surface area (TPSA) is 117 Å². The van der Waals surface area contributed by atoms with E-state index in [1.54, 1.807) is 0 Å². The van der Waals surface area contributed by atoms with Gasteiger partial charge in [-0.15, -0.1) is 0 Å². The molecule has 4 N–H and O–H groups in total. The van der Waals surface area contributed by atoms with Gasteiger partial charge in [0.1, 0.15) is 18.1 Å². The third kappa shape index (κ3) is 6.40. The molecule has 1 saturated heterocycles. The summed E-state index contributed by atoms with van der Waals surface area (Å²) in [4.78, 5) is 36.2. The van der Waals surface area contributed by atoms with Crippen molar-refractivity contribution in [2.75, 3.05) is 0 Å². The van der Waals surface area contributed by atoms with Crippen LogP contribution in [0.4, 0.5) is 0 Å². The largest absolute Gasteiger partial charge is 0.480 e. The molecular weight excluding hydrogens is 381 g/mol. The van der Waals surface area contributed by atoms with Crippen molar-refractivity contribution in [3.05, 3.63) is 71.8 Å². The number of hydrogen-bond donors (Lipinski definition) is 4. The van der Waals surface area contributed by atoms with Crippen molar-refractivity contribution in [3.63, 3.8) is 0 Å². The zero-order valence-electron chi connectivity index (χ0n) is 16.5. The van der Waals surface area contributed by atoms with Gasteiger partial charge in [0.05, 0.1) is 6.04 Å². The minimum absolute atomic E-state index is 0. The van der Waals surface area contributed by atoms with Crippen molar-refractivity contribution in [3.8, 4) is 0 Å². The first-order valence-electron chi connectivity index (χ1n) is 9.14. The molecular formula is C21H23N3NaO4. The van der Waals surface area contributed by atoms with Gasteiger partial charge in [0.2, 0.25) is 11.8 Å². The van der Waals surface area contributed by atoms with Gasteiger partial charge in [-0.05, 0) is 18.1 Å². The number of carbonyl (C=O) groups is 3. The Morgan fingerprint density at radius 3 is 2.10 bits per heavy atom. The first-order valence-corrected chi connectivity index (χ1v) is 9.14. The summed E-state index contributed by atoms with van der Waals surface area (Å²) in [5.74, 6) is -1.89. The van der Waals surface area contributed by atoms with Crippen LogP contribution in [0.15, 0.2) is 60.7 Å². The average Bonchev–Trinajstić information content (AvgIpc) is 3.50. The quantitative estimate of drug-likeness (QED) is 0.380. The summed E-state index contributed by atoms with van der Waals surface area (Å²) in [6.45, 7) is 1.87. The number of nitrogens with one attached hydrogen (secondary N) is 3. The minimum Gasteiger partial charge on any atom is -0.480 e. The molecule has 3 rings (SSSR count). The number of benzene rings is 2. The summed E-state index contributed by atoms with van der Waals surface area (Å²) < 4.78 is 0. The second kappa shape index (κ2) is 10.5. The van der Waals surface area contributed by atoms with E-state index in [-0.39, 0.29) is 41.5 Å². The number of carboxylic acid groups (broad SMARTS) is 1. The Morgan fingerprint density at radius 1 is 0.966 bits per heavy atom. The second-order valence-corrected chi connectivity index (χ2v) is 6.85. The molecule has 8 heteroatoms. The van der Waals surface area contributed by atoms with Crippen LogP contribution < -0.4 is 16.0 Å². The molecule has 0 aliphatic carbocycles. The fourth-order valence-electron chi connectivity index (χ4n) is 3.04. The molecule has 0 bridgehead atoms. The number of rotatable bonds is 8. The Bertz CT molecular complexity index is 848. The molecule has 2 aromatic carbocycles. The van der Waals surface area contributed by atoms with E-state index in [9.17, 15) is 14.4 Å². The molecule has 7 nitrogen and oxygen atoms in total. The van der Waals surface area contributed by atoms with Gasteiger partial charge in [0, 0.05) is 36.0 Å². The van der Waals surface area contributed by atoms with Crippen LogP contribution in [0, 0.1) is 0 Å². The van der Waals surface area contributed by atoms with Crippen LogP contribution in [0.3, 0.4) is 0 Å². The normalized spacial score (nSPS) is 19.2. The van der Waals surface area contributed by atoms with Crippen LogP contribution in [0.25, 0.3) is 0 Å². The van der Waals surface area contributed by atoms with Gasteiger partial charge in [-0.3, -0.25) is 19.7 Å². The van der Waals surface area contributed by atoms with Crippen LogP contribution in [0.2, 0.25) is 0 Å². The SMILES string of the molecule is C[C@@H](NC(=O)[C@H](Cc1ccccc1)NC(=O)[C@H]1N[C@@H]1C(=O)O)c1ccccc1.[Na]. The van der Waals surface area contributed by atoms with E-state index in [0.29, 0.717) is 6.42 Å². The summed E-state index contributed by atoms with van der Waals surface area (Å²) >= 11 is 0. The standard InChI is InChI=1S/C21H23N3O4.Na/c1-13(15-10-6-3-7-11-15)22-19(25)16(12-14-8-4-2-5-9-14)23-20(26)17-18(24-17)21(27)28;/h2-11,13,16-18,24H,12H2,1H3,(H,22,25)(H,23,26)(H,27,28);/t13-,16+,17+,18+;/m1./s1. The summed E-state index contributed by atoms with van der Waals surface area (Å²) in [5.41, 5.74) is 1.85. The van der Waals surface area contributed by atoms with Crippen molar-refractivity contribution in [1.29, 1.82) is 0 Å². The van der Waals surface area contributed by atoms with Gasteiger partial charge in [-0.2, -0.15) is 0 Å². The molecule has 1 aliphatic heterocycles. The van der Waals surface area contributed by atoms with E-state index >= 15 is 0 Å². The van der Waals surface area contributed by atoms with Gasteiger partial charge in [0.15, 0.2) is 0 Å². The van der Waals surface area contributed by atoms with Crippen molar-refractivity contribution in [1.82, 2.24) is 16.0 Å². The monoisotopic (exact) mass is 404 g/mol. The van der Waals surface area contributed by atoms with E-state index in [1.165, 1.54) is 0 Å². The van der Waals surface area contributed by atoms with Crippen molar-refractivity contribution >= 4 is 47.3 Å². The molecule has 2 amide bonds. The second-order valence-electron chi connectivity index (χ2n) is 6.85. The maximum Gasteiger partial charge on any atom is 0.322 e. The molecule has 0 aromatic heterocycles. The Kier molecular flexibility index (Phi) is 8.40. The fraction of sp³-hybridized carbons (Fsp3) is 0.286.